The average molecular weight is 299 g/mol. The van der Waals surface area contributed by atoms with Gasteiger partial charge in [-0.2, -0.15) is 5.10 Å². The molecule has 1 atom stereocenters. The van der Waals surface area contributed by atoms with Crippen molar-refractivity contribution in [3.05, 3.63) is 16.9 Å². The molecule has 114 valence electrons. The first-order chi connectivity index (χ1) is 9.67. The molecule has 3 nitrogen and oxygen atoms in total. The smallest absolute Gasteiger partial charge is 0.0999 e. The van der Waals surface area contributed by atoms with Crippen molar-refractivity contribution in [1.82, 2.24) is 9.78 Å². The van der Waals surface area contributed by atoms with Gasteiger partial charge < -0.3 is 5.11 Å². The lowest BCUT2D eigenvalue weighted by atomic mass is 9.77. The minimum absolute atomic E-state index is 0.340. The number of nitrogens with zero attached hydrogens (tertiary/aromatic N) is 2. The normalized spacial score (nSPS) is 24.8. The van der Waals surface area contributed by atoms with Crippen molar-refractivity contribution >= 4 is 11.6 Å². The van der Waals surface area contributed by atoms with E-state index < -0.39 is 6.10 Å². The quantitative estimate of drug-likeness (QED) is 0.834. The van der Waals surface area contributed by atoms with Crippen molar-refractivity contribution in [1.29, 1.82) is 0 Å². The molecule has 0 spiro atoms. The molecule has 0 amide bonds. The van der Waals surface area contributed by atoms with Gasteiger partial charge in [0.05, 0.1) is 23.0 Å². The molecule has 0 radical (unpaired) electrons. The van der Waals surface area contributed by atoms with E-state index in [1.54, 1.807) is 6.20 Å². The summed E-state index contributed by atoms with van der Waals surface area (Å²) in [6, 6.07) is 0. The van der Waals surface area contributed by atoms with Crippen LogP contribution < -0.4 is 0 Å². The predicted molar refractivity (Wildman–Crippen MR) is 82.8 cm³/mol. The van der Waals surface area contributed by atoms with Crippen molar-refractivity contribution in [3.8, 4) is 0 Å². The Kier molecular flexibility index (Phi) is 5.91. The summed E-state index contributed by atoms with van der Waals surface area (Å²) in [5, 5.41) is 15.5. The lowest BCUT2D eigenvalue weighted by Crippen LogP contribution is -2.22. The summed E-state index contributed by atoms with van der Waals surface area (Å²) in [5.74, 6) is 1.21. The molecule has 0 aromatic carbocycles. The summed E-state index contributed by atoms with van der Waals surface area (Å²) in [6.07, 6.45) is 9.89. The van der Waals surface area contributed by atoms with Crippen LogP contribution in [0.5, 0.6) is 0 Å². The van der Waals surface area contributed by atoms with E-state index in [1.807, 2.05) is 11.6 Å². The second kappa shape index (κ2) is 7.46. The third-order valence-corrected chi connectivity index (χ3v) is 5.01. The molecule has 1 N–H and O–H groups in total. The molecule has 1 aromatic heterocycles. The van der Waals surface area contributed by atoms with E-state index in [2.05, 4.69) is 12.0 Å². The summed E-state index contributed by atoms with van der Waals surface area (Å²) in [5.41, 5.74) is 0.811. The molecule has 1 aliphatic carbocycles. The van der Waals surface area contributed by atoms with E-state index in [1.165, 1.54) is 32.1 Å². The minimum Gasteiger partial charge on any atom is -0.386 e. The van der Waals surface area contributed by atoms with Gasteiger partial charge in [0, 0.05) is 6.54 Å². The van der Waals surface area contributed by atoms with Crippen LogP contribution in [-0.2, 0) is 6.54 Å². The molecular weight excluding hydrogens is 272 g/mol. The standard InChI is InChI=1S/C16H27ClN2O/c1-3-5-6-12-7-9-13(10-8-12)16(20)15-14(17)11-18-19(15)4-2/h11-13,16,20H,3-10H2,1-2H3. The van der Waals surface area contributed by atoms with Crippen molar-refractivity contribution in [2.45, 2.75) is 71.4 Å². The van der Waals surface area contributed by atoms with Crippen LogP contribution in [0.25, 0.3) is 0 Å². The minimum atomic E-state index is -0.461. The van der Waals surface area contributed by atoms with Crippen molar-refractivity contribution in [2.75, 3.05) is 0 Å². The van der Waals surface area contributed by atoms with Gasteiger partial charge in [-0.05, 0) is 31.6 Å². The zero-order chi connectivity index (χ0) is 14.5. The third kappa shape index (κ3) is 3.56. The number of aromatic nitrogens is 2. The van der Waals surface area contributed by atoms with Gasteiger partial charge in [0.1, 0.15) is 0 Å². The van der Waals surface area contributed by atoms with Gasteiger partial charge >= 0.3 is 0 Å². The lowest BCUT2D eigenvalue weighted by molar-refractivity contribution is 0.0650. The van der Waals surface area contributed by atoms with Crippen molar-refractivity contribution in [2.24, 2.45) is 11.8 Å². The van der Waals surface area contributed by atoms with Gasteiger partial charge in [-0.25, -0.2) is 0 Å². The Hall–Kier alpha value is -0.540. The van der Waals surface area contributed by atoms with Crippen LogP contribution in [0.4, 0.5) is 0 Å². The summed E-state index contributed by atoms with van der Waals surface area (Å²) in [4.78, 5) is 0. The Bertz CT molecular complexity index is 411. The molecule has 0 bridgehead atoms. The molecule has 20 heavy (non-hydrogen) atoms. The Morgan fingerprint density at radius 2 is 2.05 bits per heavy atom. The highest BCUT2D eigenvalue weighted by molar-refractivity contribution is 6.31. The van der Waals surface area contributed by atoms with Gasteiger partial charge in [0.15, 0.2) is 0 Å². The Morgan fingerprint density at radius 1 is 1.35 bits per heavy atom. The Balaban J connectivity index is 1.94. The first kappa shape index (κ1) is 15.8. The summed E-state index contributed by atoms with van der Waals surface area (Å²) < 4.78 is 1.83. The fraction of sp³-hybridized carbons (Fsp3) is 0.812. The molecular formula is C16H27ClN2O. The molecule has 1 aliphatic rings. The number of unbranched alkanes of at least 4 members (excludes halogenated alkanes) is 1. The molecule has 2 rings (SSSR count). The fourth-order valence-corrected chi connectivity index (χ4v) is 3.68. The highest BCUT2D eigenvalue weighted by Gasteiger charge is 2.30. The molecule has 1 saturated carbocycles. The Labute approximate surface area is 127 Å². The number of rotatable bonds is 6. The van der Waals surface area contributed by atoms with Crippen molar-refractivity contribution in [3.63, 3.8) is 0 Å². The largest absolute Gasteiger partial charge is 0.386 e. The first-order valence-electron chi connectivity index (χ1n) is 8.06. The van der Waals surface area contributed by atoms with Gasteiger partial charge in [-0.3, -0.25) is 4.68 Å². The fourth-order valence-electron chi connectivity index (χ4n) is 3.43. The number of aryl methyl sites for hydroxylation is 1. The van der Waals surface area contributed by atoms with E-state index in [4.69, 9.17) is 11.6 Å². The Morgan fingerprint density at radius 3 is 2.65 bits per heavy atom. The number of hydrogen-bond donors (Lipinski definition) is 1. The van der Waals surface area contributed by atoms with Crippen LogP contribution in [0.3, 0.4) is 0 Å². The summed E-state index contributed by atoms with van der Waals surface area (Å²) in [7, 11) is 0. The van der Waals surface area contributed by atoms with Gasteiger partial charge in [0.25, 0.3) is 0 Å². The van der Waals surface area contributed by atoms with E-state index in [0.29, 0.717) is 10.9 Å². The van der Waals surface area contributed by atoms with Crippen LogP contribution in [0, 0.1) is 11.8 Å². The van der Waals surface area contributed by atoms with Crippen LogP contribution >= 0.6 is 11.6 Å². The number of hydrogen-bond acceptors (Lipinski definition) is 2. The number of halogens is 1. The third-order valence-electron chi connectivity index (χ3n) is 4.72. The number of aliphatic hydroxyl groups is 1. The van der Waals surface area contributed by atoms with Crippen LogP contribution in [-0.4, -0.2) is 14.9 Å². The predicted octanol–water partition coefficient (Wildman–Crippen LogP) is 4.59. The van der Waals surface area contributed by atoms with Crippen molar-refractivity contribution < 1.29 is 5.11 Å². The zero-order valence-electron chi connectivity index (χ0n) is 12.7. The van der Waals surface area contributed by atoms with Crippen LogP contribution in [0.1, 0.15) is 70.6 Å². The molecule has 0 aliphatic heterocycles. The van der Waals surface area contributed by atoms with E-state index in [9.17, 15) is 5.11 Å². The maximum absolute atomic E-state index is 10.6. The van der Waals surface area contributed by atoms with Crippen LogP contribution in [0.2, 0.25) is 5.02 Å². The average Bonchev–Trinajstić information content (AvgIpc) is 2.86. The SMILES string of the molecule is CCCCC1CCC(C(O)c2c(Cl)cnn2CC)CC1. The second-order valence-corrected chi connectivity index (χ2v) is 6.47. The van der Waals surface area contributed by atoms with E-state index >= 15 is 0 Å². The lowest BCUT2D eigenvalue weighted by Gasteiger charge is -2.31. The second-order valence-electron chi connectivity index (χ2n) is 6.06. The topological polar surface area (TPSA) is 38.1 Å². The van der Waals surface area contributed by atoms with Gasteiger partial charge in [-0.15, -0.1) is 0 Å². The van der Waals surface area contributed by atoms with Gasteiger partial charge in [-0.1, -0.05) is 50.6 Å². The number of aliphatic hydroxyl groups excluding tert-OH is 1. The highest BCUT2D eigenvalue weighted by Crippen LogP contribution is 2.40. The molecule has 1 heterocycles. The summed E-state index contributed by atoms with van der Waals surface area (Å²) >= 11 is 6.19. The molecule has 1 aromatic rings. The highest BCUT2D eigenvalue weighted by atomic mass is 35.5. The molecule has 4 heteroatoms. The maximum atomic E-state index is 10.6. The zero-order valence-corrected chi connectivity index (χ0v) is 13.4. The molecule has 1 fully saturated rings. The van der Waals surface area contributed by atoms with E-state index in [-0.39, 0.29) is 0 Å². The molecule has 1 unspecified atom stereocenters. The maximum Gasteiger partial charge on any atom is 0.0999 e. The molecule has 0 saturated heterocycles. The first-order valence-corrected chi connectivity index (χ1v) is 8.44. The van der Waals surface area contributed by atoms with E-state index in [0.717, 1.165) is 31.0 Å². The monoisotopic (exact) mass is 298 g/mol. The van der Waals surface area contributed by atoms with Gasteiger partial charge in [0.2, 0.25) is 0 Å². The van der Waals surface area contributed by atoms with Crippen LogP contribution in [0.15, 0.2) is 6.20 Å². The summed E-state index contributed by atoms with van der Waals surface area (Å²) in [6.45, 7) is 5.04.